The fourth-order valence-corrected chi connectivity index (χ4v) is 3.94. The number of aromatic nitrogens is 3. The maximum absolute atomic E-state index is 12.4. The van der Waals surface area contributed by atoms with Gasteiger partial charge in [0.1, 0.15) is 5.82 Å². The van der Waals surface area contributed by atoms with Crippen LogP contribution in [0.5, 0.6) is 0 Å². The van der Waals surface area contributed by atoms with Gasteiger partial charge < -0.3 is 9.88 Å². The molecule has 156 valence electrons. The summed E-state index contributed by atoms with van der Waals surface area (Å²) < 4.78 is 1.95. The number of rotatable bonds is 9. The van der Waals surface area contributed by atoms with Crippen molar-refractivity contribution in [2.75, 3.05) is 12.3 Å². The van der Waals surface area contributed by atoms with Crippen LogP contribution >= 0.6 is 35.0 Å². The molecule has 3 aromatic rings. The van der Waals surface area contributed by atoms with E-state index in [1.165, 1.54) is 11.8 Å². The summed E-state index contributed by atoms with van der Waals surface area (Å²) in [6, 6.07) is 13.5. The summed E-state index contributed by atoms with van der Waals surface area (Å²) in [6.07, 6.45) is 0.534. The van der Waals surface area contributed by atoms with Crippen molar-refractivity contribution >= 4 is 46.7 Å². The van der Waals surface area contributed by atoms with E-state index in [0.717, 1.165) is 5.82 Å². The van der Waals surface area contributed by atoms with Gasteiger partial charge in [0.25, 0.3) is 5.91 Å². The second kappa shape index (κ2) is 10.6. The molecule has 0 spiro atoms. The molecular formula is C21H20Cl2N4O2S. The van der Waals surface area contributed by atoms with Crippen LogP contribution in [0, 0.1) is 0 Å². The van der Waals surface area contributed by atoms with Crippen molar-refractivity contribution < 1.29 is 9.59 Å². The Balaban J connectivity index is 1.54. The van der Waals surface area contributed by atoms with Crippen molar-refractivity contribution in [3.63, 3.8) is 0 Å². The number of carbonyl (C=O) groups excluding carboxylic acids is 2. The van der Waals surface area contributed by atoms with E-state index in [0.29, 0.717) is 45.8 Å². The van der Waals surface area contributed by atoms with E-state index in [1.807, 2.05) is 11.5 Å². The minimum Gasteiger partial charge on any atom is -0.352 e. The molecule has 9 heteroatoms. The van der Waals surface area contributed by atoms with E-state index in [1.54, 1.807) is 48.5 Å². The van der Waals surface area contributed by atoms with Crippen LogP contribution < -0.4 is 5.32 Å². The second-order valence-electron chi connectivity index (χ2n) is 6.37. The van der Waals surface area contributed by atoms with E-state index in [9.17, 15) is 9.59 Å². The van der Waals surface area contributed by atoms with Crippen LogP contribution in [-0.2, 0) is 13.0 Å². The van der Waals surface area contributed by atoms with Crippen molar-refractivity contribution in [1.82, 2.24) is 20.1 Å². The van der Waals surface area contributed by atoms with Crippen LogP contribution in [0.2, 0.25) is 10.0 Å². The summed E-state index contributed by atoms with van der Waals surface area (Å²) in [5, 5.41) is 13.2. The van der Waals surface area contributed by atoms with Gasteiger partial charge in [0, 0.05) is 40.7 Å². The van der Waals surface area contributed by atoms with Gasteiger partial charge in [-0.15, -0.1) is 10.2 Å². The Morgan fingerprint density at radius 2 is 1.57 bits per heavy atom. The number of hydrogen-bond acceptors (Lipinski definition) is 5. The number of nitrogens with one attached hydrogen (secondary N) is 1. The monoisotopic (exact) mass is 462 g/mol. The fraction of sp³-hybridized carbons (Fsp3) is 0.238. The third-order valence-electron chi connectivity index (χ3n) is 4.35. The minimum absolute atomic E-state index is 0.000836. The molecule has 1 aromatic heterocycles. The molecule has 1 N–H and O–H groups in total. The number of amides is 1. The van der Waals surface area contributed by atoms with Crippen molar-refractivity contribution in [3.05, 3.63) is 75.5 Å². The van der Waals surface area contributed by atoms with Gasteiger partial charge in [-0.3, -0.25) is 9.59 Å². The van der Waals surface area contributed by atoms with Crippen LogP contribution in [0.1, 0.15) is 33.5 Å². The van der Waals surface area contributed by atoms with Crippen molar-refractivity contribution in [2.24, 2.45) is 0 Å². The number of benzene rings is 2. The highest BCUT2D eigenvalue weighted by molar-refractivity contribution is 7.99. The first kappa shape index (κ1) is 22.3. The first-order chi connectivity index (χ1) is 14.5. The number of halogens is 2. The Hall–Kier alpha value is -2.35. The standard InChI is InChI=1S/C21H20Cl2N4O2S/c1-2-27-19(11-12-24-20(29)15-5-9-17(23)10-6-15)25-26-21(27)30-13-18(28)14-3-7-16(22)8-4-14/h3-10H,2,11-13H2,1H3,(H,24,29). The lowest BCUT2D eigenvalue weighted by atomic mass is 10.1. The normalized spacial score (nSPS) is 10.8. The van der Waals surface area contributed by atoms with Gasteiger partial charge in [-0.05, 0) is 55.5 Å². The van der Waals surface area contributed by atoms with Crippen molar-refractivity contribution in [1.29, 1.82) is 0 Å². The van der Waals surface area contributed by atoms with Gasteiger partial charge >= 0.3 is 0 Å². The molecule has 30 heavy (non-hydrogen) atoms. The third-order valence-corrected chi connectivity index (χ3v) is 5.82. The highest BCUT2D eigenvalue weighted by atomic mass is 35.5. The SMILES string of the molecule is CCn1c(CCNC(=O)c2ccc(Cl)cc2)nnc1SCC(=O)c1ccc(Cl)cc1. The summed E-state index contributed by atoms with van der Waals surface area (Å²) in [7, 11) is 0. The summed E-state index contributed by atoms with van der Waals surface area (Å²) in [5.41, 5.74) is 1.16. The lowest BCUT2D eigenvalue weighted by molar-refractivity contribution is 0.0953. The molecular weight excluding hydrogens is 443 g/mol. The smallest absolute Gasteiger partial charge is 0.251 e. The Morgan fingerprint density at radius 3 is 2.17 bits per heavy atom. The molecule has 0 bridgehead atoms. The predicted molar refractivity (Wildman–Crippen MR) is 120 cm³/mol. The largest absolute Gasteiger partial charge is 0.352 e. The number of thioether (sulfide) groups is 1. The van der Waals surface area contributed by atoms with E-state index in [4.69, 9.17) is 23.2 Å². The fourth-order valence-electron chi connectivity index (χ4n) is 2.77. The molecule has 0 saturated heterocycles. The zero-order chi connectivity index (χ0) is 21.5. The van der Waals surface area contributed by atoms with Gasteiger partial charge in [0.05, 0.1) is 5.75 Å². The molecule has 1 heterocycles. The molecule has 1 amide bonds. The Labute approximate surface area is 189 Å². The zero-order valence-corrected chi connectivity index (χ0v) is 18.6. The predicted octanol–water partition coefficient (Wildman–Crippen LogP) is 4.55. The van der Waals surface area contributed by atoms with Crippen molar-refractivity contribution in [3.8, 4) is 0 Å². The van der Waals surface area contributed by atoms with Crippen LogP contribution in [0.25, 0.3) is 0 Å². The number of carbonyl (C=O) groups is 2. The Morgan fingerprint density at radius 1 is 0.967 bits per heavy atom. The van der Waals surface area contributed by atoms with Crippen LogP contribution in [0.15, 0.2) is 53.7 Å². The zero-order valence-electron chi connectivity index (χ0n) is 16.3. The third kappa shape index (κ3) is 5.84. The molecule has 6 nitrogen and oxygen atoms in total. The number of ketones is 1. The molecule has 0 aliphatic carbocycles. The Kier molecular flexibility index (Phi) is 7.90. The average molecular weight is 463 g/mol. The van der Waals surface area contributed by atoms with Gasteiger partial charge in [0.2, 0.25) is 0 Å². The summed E-state index contributed by atoms with van der Waals surface area (Å²) >= 11 is 13.1. The van der Waals surface area contributed by atoms with E-state index in [2.05, 4.69) is 15.5 Å². The van der Waals surface area contributed by atoms with Gasteiger partial charge in [-0.25, -0.2) is 0 Å². The van der Waals surface area contributed by atoms with Crippen LogP contribution in [-0.4, -0.2) is 38.8 Å². The number of nitrogens with zero attached hydrogens (tertiary/aromatic N) is 3. The first-order valence-electron chi connectivity index (χ1n) is 9.35. The number of hydrogen-bond donors (Lipinski definition) is 1. The lowest BCUT2D eigenvalue weighted by Crippen LogP contribution is -2.26. The topological polar surface area (TPSA) is 76.9 Å². The summed E-state index contributed by atoms with van der Waals surface area (Å²) in [5.74, 6) is 0.847. The minimum atomic E-state index is -0.169. The van der Waals surface area contributed by atoms with Gasteiger partial charge in [-0.2, -0.15) is 0 Å². The molecule has 0 aliphatic rings. The highest BCUT2D eigenvalue weighted by Gasteiger charge is 2.14. The summed E-state index contributed by atoms with van der Waals surface area (Å²) in [4.78, 5) is 24.6. The highest BCUT2D eigenvalue weighted by Crippen LogP contribution is 2.20. The molecule has 0 unspecified atom stereocenters. The quantitative estimate of drug-likeness (QED) is 0.372. The molecule has 0 saturated carbocycles. The van der Waals surface area contributed by atoms with Crippen molar-refractivity contribution in [2.45, 2.75) is 25.0 Å². The second-order valence-corrected chi connectivity index (χ2v) is 8.19. The average Bonchev–Trinajstić information content (AvgIpc) is 3.14. The van der Waals surface area contributed by atoms with Gasteiger partial charge in [0.15, 0.2) is 10.9 Å². The molecule has 0 atom stereocenters. The molecule has 3 rings (SSSR count). The van der Waals surface area contributed by atoms with E-state index in [-0.39, 0.29) is 17.4 Å². The van der Waals surface area contributed by atoms with E-state index < -0.39 is 0 Å². The Bertz CT molecular complexity index is 1020. The number of Topliss-reactive ketones (excluding diaryl/α,β-unsaturated/α-hetero) is 1. The van der Waals surface area contributed by atoms with E-state index >= 15 is 0 Å². The molecule has 0 aliphatic heterocycles. The van der Waals surface area contributed by atoms with Crippen LogP contribution in [0.3, 0.4) is 0 Å². The van der Waals surface area contributed by atoms with Crippen LogP contribution in [0.4, 0.5) is 0 Å². The van der Waals surface area contributed by atoms with Gasteiger partial charge in [-0.1, -0.05) is 35.0 Å². The molecule has 0 radical (unpaired) electrons. The first-order valence-corrected chi connectivity index (χ1v) is 11.1. The molecule has 2 aromatic carbocycles. The summed E-state index contributed by atoms with van der Waals surface area (Å²) in [6.45, 7) is 3.09. The maximum Gasteiger partial charge on any atom is 0.251 e. The maximum atomic E-state index is 12.4. The molecule has 0 fully saturated rings. The lowest BCUT2D eigenvalue weighted by Gasteiger charge is -2.08.